The van der Waals surface area contributed by atoms with Gasteiger partial charge in [-0.25, -0.2) is 17.6 Å². The van der Waals surface area contributed by atoms with Gasteiger partial charge in [0.05, 0.1) is 41.6 Å². The van der Waals surface area contributed by atoms with Crippen molar-refractivity contribution < 1.29 is 22.4 Å². The summed E-state index contributed by atoms with van der Waals surface area (Å²) in [6.45, 7) is 1.58. The summed E-state index contributed by atoms with van der Waals surface area (Å²) in [5.41, 5.74) is -0.376. The van der Waals surface area contributed by atoms with E-state index in [4.69, 9.17) is 0 Å². The van der Waals surface area contributed by atoms with Crippen LogP contribution in [0, 0.1) is 29.2 Å². The van der Waals surface area contributed by atoms with Gasteiger partial charge in [0.2, 0.25) is 5.91 Å². The Morgan fingerprint density at radius 1 is 1.11 bits per heavy atom. The van der Waals surface area contributed by atoms with E-state index in [0.717, 1.165) is 9.15 Å². The molecule has 6 nitrogen and oxygen atoms in total. The number of rotatable bonds is 6. The van der Waals surface area contributed by atoms with Gasteiger partial charge in [-0.15, -0.1) is 0 Å². The van der Waals surface area contributed by atoms with Crippen LogP contribution in [0.3, 0.4) is 0 Å². The van der Waals surface area contributed by atoms with E-state index >= 15 is 0 Å². The Labute approximate surface area is 165 Å². The Hall–Kier alpha value is -2.69. The molecule has 28 heavy (non-hydrogen) atoms. The number of carbonyl (C=O) groups excluding carboxylic acids is 1. The van der Waals surface area contributed by atoms with E-state index in [1.807, 2.05) is 0 Å². The third-order valence-electron chi connectivity index (χ3n) is 3.94. The molecule has 0 bridgehead atoms. The maximum Gasteiger partial charge on any atom is 0.229 e. The van der Waals surface area contributed by atoms with Gasteiger partial charge in [-0.2, -0.15) is 10.2 Å². The van der Waals surface area contributed by atoms with Crippen molar-refractivity contribution in [2.45, 2.75) is 20.0 Å². The average molecular weight is 460 g/mol. The van der Waals surface area contributed by atoms with Crippen molar-refractivity contribution in [1.82, 2.24) is 19.6 Å². The van der Waals surface area contributed by atoms with Crippen molar-refractivity contribution in [3.05, 3.63) is 64.2 Å². The van der Waals surface area contributed by atoms with Crippen LogP contribution < -0.4 is 5.32 Å². The lowest BCUT2D eigenvalue weighted by molar-refractivity contribution is -0.119. The third-order valence-corrected chi connectivity index (χ3v) is 4.35. The molecule has 1 aromatic carbocycles. The largest absolute Gasteiger partial charge is 0.323 e. The number of aromatic nitrogens is 4. The molecular formula is C17H14BrF4N5O. The smallest absolute Gasteiger partial charge is 0.229 e. The number of hydrogen-bond acceptors (Lipinski definition) is 3. The van der Waals surface area contributed by atoms with Crippen LogP contribution in [0.25, 0.3) is 0 Å². The van der Waals surface area contributed by atoms with E-state index in [2.05, 4.69) is 31.4 Å². The number of anilines is 1. The lowest BCUT2D eigenvalue weighted by atomic mass is 10.1. The molecule has 0 radical (unpaired) electrons. The fourth-order valence-electron chi connectivity index (χ4n) is 2.49. The second-order valence-electron chi connectivity index (χ2n) is 6.14. The zero-order valence-corrected chi connectivity index (χ0v) is 16.1. The van der Waals surface area contributed by atoms with Gasteiger partial charge in [-0.1, -0.05) is 6.92 Å². The fourth-order valence-corrected chi connectivity index (χ4v) is 2.82. The SMILES string of the molecule is CC(Cn1cc(Br)cn1)C(=O)Nc1cnn(Cc2c(F)cc(F)c(F)c2F)c1. The molecule has 0 spiro atoms. The summed E-state index contributed by atoms with van der Waals surface area (Å²) in [5.74, 6) is -6.93. The van der Waals surface area contributed by atoms with Gasteiger partial charge in [0.15, 0.2) is 17.5 Å². The molecule has 0 fully saturated rings. The van der Waals surface area contributed by atoms with Crippen LogP contribution in [0.5, 0.6) is 0 Å². The molecule has 2 heterocycles. The highest BCUT2D eigenvalue weighted by Gasteiger charge is 2.20. The highest BCUT2D eigenvalue weighted by atomic mass is 79.9. The second-order valence-corrected chi connectivity index (χ2v) is 7.06. The fraction of sp³-hybridized carbons (Fsp3) is 0.235. The van der Waals surface area contributed by atoms with Crippen molar-refractivity contribution >= 4 is 27.5 Å². The molecule has 1 N–H and O–H groups in total. The van der Waals surface area contributed by atoms with Crippen molar-refractivity contribution in [2.75, 3.05) is 5.32 Å². The molecule has 0 aliphatic heterocycles. The maximum absolute atomic E-state index is 13.8. The number of hydrogen-bond donors (Lipinski definition) is 1. The normalized spacial score (nSPS) is 12.2. The van der Waals surface area contributed by atoms with E-state index in [-0.39, 0.29) is 12.0 Å². The molecule has 1 atom stereocenters. The Kier molecular flexibility index (Phi) is 5.82. The van der Waals surface area contributed by atoms with Gasteiger partial charge in [0.1, 0.15) is 5.82 Å². The molecule has 1 unspecified atom stereocenters. The molecule has 0 aliphatic carbocycles. The molecule has 3 aromatic rings. The van der Waals surface area contributed by atoms with Crippen LogP contribution in [0.4, 0.5) is 23.2 Å². The minimum Gasteiger partial charge on any atom is -0.323 e. The van der Waals surface area contributed by atoms with E-state index in [9.17, 15) is 22.4 Å². The molecular weight excluding hydrogens is 446 g/mol. The number of nitrogens with zero attached hydrogens (tertiary/aromatic N) is 4. The summed E-state index contributed by atoms with van der Waals surface area (Å²) in [7, 11) is 0. The van der Waals surface area contributed by atoms with E-state index in [1.54, 1.807) is 24.0 Å². The molecule has 3 rings (SSSR count). The number of benzene rings is 1. The predicted octanol–water partition coefficient (Wildman–Crippen LogP) is 3.72. The standard InChI is InChI=1S/C17H14BrF4N5O/c1-9(5-26-6-10(18)3-23-26)17(28)25-11-4-24-27(7-11)8-12-13(19)2-14(20)16(22)15(12)21/h2-4,6-7,9H,5,8H2,1H3,(H,25,28). The molecule has 1 amide bonds. The molecule has 148 valence electrons. The first-order valence-corrected chi connectivity index (χ1v) is 8.87. The van der Waals surface area contributed by atoms with Crippen LogP contribution in [0.15, 0.2) is 35.3 Å². The van der Waals surface area contributed by atoms with Crippen molar-refractivity contribution in [2.24, 2.45) is 5.92 Å². The Morgan fingerprint density at radius 3 is 2.50 bits per heavy atom. The predicted molar refractivity (Wildman–Crippen MR) is 95.3 cm³/mol. The van der Waals surface area contributed by atoms with E-state index in [1.165, 1.54) is 12.4 Å². The second kappa shape index (κ2) is 8.13. The molecule has 2 aromatic heterocycles. The highest BCUT2D eigenvalue weighted by Crippen LogP contribution is 2.20. The number of carbonyl (C=O) groups is 1. The van der Waals surface area contributed by atoms with E-state index < -0.39 is 41.3 Å². The van der Waals surface area contributed by atoms with Crippen LogP contribution in [0.1, 0.15) is 12.5 Å². The summed E-state index contributed by atoms with van der Waals surface area (Å²) < 4.78 is 57.3. The highest BCUT2D eigenvalue weighted by molar-refractivity contribution is 9.10. The van der Waals surface area contributed by atoms with Crippen LogP contribution in [-0.2, 0) is 17.9 Å². The van der Waals surface area contributed by atoms with Crippen molar-refractivity contribution in [3.63, 3.8) is 0 Å². The number of halogens is 5. The first-order chi connectivity index (χ1) is 13.2. The van der Waals surface area contributed by atoms with E-state index in [0.29, 0.717) is 12.2 Å². The van der Waals surface area contributed by atoms with Gasteiger partial charge in [-0.05, 0) is 15.9 Å². The van der Waals surface area contributed by atoms with Gasteiger partial charge < -0.3 is 5.32 Å². The molecule has 0 saturated carbocycles. The first-order valence-electron chi connectivity index (χ1n) is 8.07. The number of nitrogens with one attached hydrogen (secondary N) is 1. The summed E-state index contributed by atoms with van der Waals surface area (Å²) in [6.07, 6.45) is 5.94. The van der Waals surface area contributed by atoms with Crippen LogP contribution >= 0.6 is 15.9 Å². The summed E-state index contributed by atoms with van der Waals surface area (Å²) in [5, 5.41) is 10.6. The number of amides is 1. The van der Waals surface area contributed by atoms with Gasteiger partial charge in [-0.3, -0.25) is 14.2 Å². The topological polar surface area (TPSA) is 64.7 Å². The first kappa shape index (κ1) is 20.1. The van der Waals surface area contributed by atoms with Crippen molar-refractivity contribution in [3.8, 4) is 0 Å². The lowest BCUT2D eigenvalue weighted by Crippen LogP contribution is -2.24. The minimum atomic E-state index is -1.75. The average Bonchev–Trinajstić information content (AvgIpc) is 3.25. The molecule has 0 aliphatic rings. The zero-order valence-electron chi connectivity index (χ0n) is 14.5. The lowest BCUT2D eigenvalue weighted by Gasteiger charge is -2.11. The Balaban J connectivity index is 1.66. The quantitative estimate of drug-likeness (QED) is 0.347. The summed E-state index contributed by atoms with van der Waals surface area (Å²) in [4.78, 5) is 12.3. The Morgan fingerprint density at radius 2 is 1.82 bits per heavy atom. The van der Waals surface area contributed by atoms with Gasteiger partial charge >= 0.3 is 0 Å². The summed E-state index contributed by atoms with van der Waals surface area (Å²) in [6, 6.07) is 0.273. The van der Waals surface area contributed by atoms with Gasteiger partial charge in [0.25, 0.3) is 0 Å². The van der Waals surface area contributed by atoms with Gasteiger partial charge in [0, 0.05) is 24.0 Å². The third kappa shape index (κ3) is 4.41. The summed E-state index contributed by atoms with van der Waals surface area (Å²) >= 11 is 3.27. The minimum absolute atomic E-state index is 0.273. The molecule has 0 saturated heterocycles. The Bertz CT molecular complexity index is 1020. The van der Waals surface area contributed by atoms with Crippen LogP contribution in [0.2, 0.25) is 0 Å². The zero-order chi connectivity index (χ0) is 20.4. The monoisotopic (exact) mass is 459 g/mol. The molecule has 11 heteroatoms. The van der Waals surface area contributed by atoms with Crippen LogP contribution in [-0.4, -0.2) is 25.5 Å². The van der Waals surface area contributed by atoms with Crippen molar-refractivity contribution in [1.29, 1.82) is 0 Å². The maximum atomic E-state index is 13.8.